The molecule has 0 saturated heterocycles. The van der Waals surface area contributed by atoms with Crippen LogP contribution in [-0.2, 0) is 0 Å². The molecular formula is C16H19ClN2O. The lowest BCUT2D eigenvalue weighted by molar-refractivity contribution is 0.333. The summed E-state index contributed by atoms with van der Waals surface area (Å²) in [6.45, 7) is 5.54. The first-order chi connectivity index (χ1) is 9.77. The summed E-state index contributed by atoms with van der Waals surface area (Å²) in [4.78, 5) is 4.05. The molecule has 0 saturated carbocycles. The van der Waals surface area contributed by atoms with Crippen molar-refractivity contribution in [3.05, 3.63) is 58.9 Å². The summed E-state index contributed by atoms with van der Waals surface area (Å²) in [5.74, 6) is 0.883. The molecule has 0 amide bonds. The van der Waals surface area contributed by atoms with Gasteiger partial charge in [0, 0.05) is 18.0 Å². The van der Waals surface area contributed by atoms with Crippen molar-refractivity contribution in [2.75, 3.05) is 13.2 Å². The van der Waals surface area contributed by atoms with Gasteiger partial charge in [0.05, 0.1) is 17.7 Å². The second-order valence-corrected chi connectivity index (χ2v) is 4.77. The van der Waals surface area contributed by atoms with Gasteiger partial charge in [-0.3, -0.25) is 4.98 Å². The summed E-state index contributed by atoms with van der Waals surface area (Å²) in [5, 5.41) is 4.12. The van der Waals surface area contributed by atoms with Crippen LogP contribution < -0.4 is 10.1 Å². The zero-order valence-electron chi connectivity index (χ0n) is 11.8. The van der Waals surface area contributed by atoms with Crippen molar-refractivity contribution >= 4 is 11.6 Å². The third kappa shape index (κ3) is 3.30. The summed E-state index contributed by atoms with van der Waals surface area (Å²) in [6, 6.07) is 9.98. The van der Waals surface area contributed by atoms with Crippen LogP contribution in [0.1, 0.15) is 31.0 Å². The number of halogens is 1. The molecule has 3 nitrogen and oxygen atoms in total. The minimum Gasteiger partial charge on any atom is -0.494 e. The zero-order valence-corrected chi connectivity index (χ0v) is 12.5. The van der Waals surface area contributed by atoms with Crippen molar-refractivity contribution in [2.24, 2.45) is 0 Å². The molecule has 0 radical (unpaired) electrons. The molecule has 0 bridgehead atoms. The molecular weight excluding hydrogens is 272 g/mol. The Labute approximate surface area is 124 Å². The van der Waals surface area contributed by atoms with E-state index in [0.717, 1.165) is 23.4 Å². The molecule has 0 spiro atoms. The smallest absolute Gasteiger partial charge is 0.124 e. The van der Waals surface area contributed by atoms with Crippen LogP contribution in [0, 0.1) is 0 Å². The normalized spacial score (nSPS) is 12.2. The van der Waals surface area contributed by atoms with E-state index >= 15 is 0 Å². The Morgan fingerprint density at radius 3 is 2.70 bits per heavy atom. The highest BCUT2D eigenvalue weighted by atomic mass is 35.5. The van der Waals surface area contributed by atoms with Crippen molar-refractivity contribution in [1.29, 1.82) is 0 Å². The quantitative estimate of drug-likeness (QED) is 0.878. The fraction of sp³-hybridized carbons (Fsp3) is 0.312. The van der Waals surface area contributed by atoms with Gasteiger partial charge in [-0.05, 0) is 31.2 Å². The van der Waals surface area contributed by atoms with E-state index in [9.17, 15) is 0 Å². The number of aromatic nitrogens is 1. The highest BCUT2D eigenvalue weighted by Gasteiger charge is 2.19. The number of para-hydroxylation sites is 1. The summed E-state index contributed by atoms with van der Waals surface area (Å²) in [6.07, 6.45) is 3.43. The fourth-order valence-corrected chi connectivity index (χ4v) is 2.45. The molecule has 20 heavy (non-hydrogen) atoms. The molecule has 106 valence electrons. The standard InChI is InChI=1S/C16H19ClN2O/c1-3-19-16(12-9-10-18-11-14(12)17)13-7-5-6-8-15(13)20-4-2/h5-11,16,19H,3-4H2,1-2H3. The lowest BCUT2D eigenvalue weighted by Crippen LogP contribution is -2.23. The average Bonchev–Trinajstić information content (AvgIpc) is 2.47. The molecule has 0 aliphatic carbocycles. The Bertz CT molecular complexity index is 560. The number of nitrogens with zero attached hydrogens (tertiary/aromatic N) is 1. The van der Waals surface area contributed by atoms with Gasteiger partial charge in [0.2, 0.25) is 0 Å². The van der Waals surface area contributed by atoms with Gasteiger partial charge in [0.1, 0.15) is 5.75 Å². The van der Waals surface area contributed by atoms with Crippen LogP contribution in [0.2, 0.25) is 5.02 Å². The van der Waals surface area contributed by atoms with Crippen LogP contribution in [0.4, 0.5) is 0 Å². The Morgan fingerprint density at radius 2 is 2.00 bits per heavy atom. The first kappa shape index (κ1) is 14.8. The monoisotopic (exact) mass is 290 g/mol. The van der Waals surface area contributed by atoms with Crippen molar-refractivity contribution < 1.29 is 4.74 Å². The van der Waals surface area contributed by atoms with Crippen molar-refractivity contribution in [2.45, 2.75) is 19.9 Å². The average molecular weight is 291 g/mol. The molecule has 0 aliphatic rings. The van der Waals surface area contributed by atoms with Gasteiger partial charge in [-0.1, -0.05) is 36.7 Å². The van der Waals surface area contributed by atoms with Crippen molar-refractivity contribution in [3.8, 4) is 5.75 Å². The summed E-state index contributed by atoms with van der Waals surface area (Å²) < 4.78 is 5.73. The number of benzene rings is 1. The summed E-state index contributed by atoms with van der Waals surface area (Å²) >= 11 is 6.29. The van der Waals surface area contributed by atoms with Gasteiger partial charge >= 0.3 is 0 Å². The van der Waals surface area contributed by atoms with E-state index in [1.165, 1.54) is 0 Å². The lowest BCUT2D eigenvalue weighted by Gasteiger charge is -2.22. The predicted octanol–water partition coefficient (Wildman–Crippen LogP) is 3.83. The molecule has 4 heteroatoms. The first-order valence-corrected chi connectivity index (χ1v) is 7.20. The van der Waals surface area contributed by atoms with Crippen molar-refractivity contribution in [1.82, 2.24) is 10.3 Å². The fourth-order valence-electron chi connectivity index (χ4n) is 2.22. The Morgan fingerprint density at radius 1 is 1.20 bits per heavy atom. The minimum atomic E-state index is -0.00162. The van der Waals surface area contributed by atoms with Crippen LogP contribution in [0.5, 0.6) is 5.75 Å². The van der Waals surface area contributed by atoms with Crippen LogP contribution >= 0.6 is 11.6 Å². The molecule has 2 rings (SSSR count). The molecule has 2 aromatic rings. The van der Waals surface area contributed by atoms with E-state index in [2.05, 4.69) is 23.3 Å². The second-order valence-electron chi connectivity index (χ2n) is 4.36. The Hall–Kier alpha value is -1.58. The second kappa shape index (κ2) is 7.27. The first-order valence-electron chi connectivity index (χ1n) is 6.82. The number of rotatable bonds is 6. The summed E-state index contributed by atoms with van der Waals surface area (Å²) in [7, 11) is 0. The molecule has 1 heterocycles. The maximum Gasteiger partial charge on any atom is 0.124 e. The maximum absolute atomic E-state index is 6.29. The molecule has 1 unspecified atom stereocenters. The zero-order chi connectivity index (χ0) is 14.4. The van der Waals surface area contributed by atoms with Crippen LogP contribution in [-0.4, -0.2) is 18.1 Å². The lowest BCUT2D eigenvalue weighted by atomic mass is 9.98. The van der Waals surface area contributed by atoms with E-state index in [4.69, 9.17) is 16.3 Å². The maximum atomic E-state index is 6.29. The van der Waals surface area contributed by atoms with Crippen molar-refractivity contribution in [3.63, 3.8) is 0 Å². The third-order valence-corrected chi connectivity index (χ3v) is 3.37. The number of nitrogens with one attached hydrogen (secondary N) is 1. The highest BCUT2D eigenvalue weighted by Crippen LogP contribution is 2.33. The van der Waals surface area contributed by atoms with Gasteiger partial charge < -0.3 is 10.1 Å². The van der Waals surface area contributed by atoms with E-state index < -0.39 is 0 Å². The molecule has 1 aromatic carbocycles. The molecule has 1 N–H and O–H groups in total. The molecule has 1 aromatic heterocycles. The van der Waals surface area contributed by atoms with Gasteiger partial charge in [-0.15, -0.1) is 0 Å². The van der Waals surface area contributed by atoms with E-state index in [0.29, 0.717) is 11.6 Å². The van der Waals surface area contributed by atoms with Gasteiger partial charge in [0.15, 0.2) is 0 Å². The SMILES string of the molecule is CCNC(c1ccncc1Cl)c1ccccc1OCC. The molecule has 1 atom stereocenters. The molecule has 0 fully saturated rings. The number of hydrogen-bond donors (Lipinski definition) is 1. The van der Waals surface area contributed by atoms with E-state index in [-0.39, 0.29) is 6.04 Å². The summed E-state index contributed by atoms with van der Waals surface area (Å²) in [5.41, 5.74) is 2.10. The number of ether oxygens (including phenoxy) is 1. The van der Waals surface area contributed by atoms with Crippen LogP contribution in [0.15, 0.2) is 42.7 Å². The van der Waals surface area contributed by atoms with Gasteiger partial charge in [-0.25, -0.2) is 0 Å². The topological polar surface area (TPSA) is 34.2 Å². The predicted molar refractivity (Wildman–Crippen MR) is 82.4 cm³/mol. The number of hydrogen-bond acceptors (Lipinski definition) is 3. The van der Waals surface area contributed by atoms with Crippen LogP contribution in [0.3, 0.4) is 0 Å². The van der Waals surface area contributed by atoms with Gasteiger partial charge in [-0.2, -0.15) is 0 Å². The number of pyridine rings is 1. The van der Waals surface area contributed by atoms with Gasteiger partial charge in [0.25, 0.3) is 0 Å². The minimum absolute atomic E-state index is 0.00162. The van der Waals surface area contributed by atoms with Crippen LogP contribution in [0.25, 0.3) is 0 Å². The highest BCUT2D eigenvalue weighted by molar-refractivity contribution is 6.31. The third-order valence-electron chi connectivity index (χ3n) is 3.05. The van der Waals surface area contributed by atoms with E-state index in [1.807, 2.05) is 31.2 Å². The molecule has 0 aliphatic heterocycles. The Balaban J connectivity index is 2.46. The van der Waals surface area contributed by atoms with E-state index in [1.54, 1.807) is 12.4 Å². The Kier molecular flexibility index (Phi) is 5.39. The largest absolute Gasteiger partial charge is 0.494 e.